The Bertz CT molecular complexity index is 1440. The molecule has 186 valence electrons. The van der Waals surface area contributed by atoms with Gasteiger partial charge in [0.15, 0.2) is 0 Å². The second kappa shape index (κ2) is 11.5. The van der Waals surface area contributed by atoms with Crippen LogP contribution in [0.1, 0.15) is 28.4 Å². The van der Waals surface area contributed by atoms with Gasteiger partial charge in [0.05, 0.1) is 24.6 Å². The Morgan fingerprint density at radius 2 is 1.68 bits per heavy atom. The number of fused-ring (bicyclic) bond motifs is 1. The third kappa shape index (κ3) is 6.05. The van der Waals surface area contributed by atoms with E-state index < -0.39 is 6.10 Å². The molecule has 0 spiro atoms. The highest BCUT2D eigenvalue weighted by Crippen LogP contribution is 2.29. The van der Waals surface area contributed by atoms with Crippen LogP contribution in [0.15, 0.2) is 110 Å². The van der Waals surface area contributed by atoms with Gasteiger partial charge < -0.3 is 19.7 Å². The van der Waals surface area contributed by atoms with Crippen LogP contribution in [0.25, 0.3) is 10.9 Å². The normalized spacial score (nSPS) is 11.8. The van der Waals surface area contributed by atoms with Gasteiger partial charge in [0, 0.05) is 36.1 Å². The molecule has 0 unspecified atom stereocenters. The summed E-state index contributed by atoms with van der Waals surface area (Å²) in [4.78, 5) is 22.7. The van der Waals surface area contributed by atoms with Crippen LogP contribution in [0.2, 0.25) is 0 Å². The van der Waals surface area contributed by atoms with Gasteiger partial charge in [-0.25, -0.2) is 0 Å². The minimum Gasteiger partial charge on any atom is -0.487 e. The Morgan fingerprint density at radius 1 is 0.919 bits per heavy atom. The number of nitrogens with one attached hydrogen (secondary N) is 1. The largest absolute Gasteiger partial charge is 0.487 e. The summed E-state index contributed by atoms with van der Waals surface area (Å²) >= 11 is 0. The Morgan fingerprint density at radius 3 is 2.41 bits per heavy atom. The third-order valence-electron chi connectivity index (χ3n) is 6.37. The number of rotatable bonds is 10. The monoisotopic (exact) mass is 491 g/mol. The van der Waals surface area contributed by atoms with Crippen LogP contribution >= 0.6 is 0 Å². The van der Waals surface area contributed by atoms with E-state index in [-0.39, 0.29) is 18.9 Å². The minimum atomic E-state index is -0.831. The average molecular weight is 492 g/mol. The molecule has 0 aliphatic heterocycles. The van der Waals surface area contributed by atoms with Crippen molar-refractivity contribution in [3.63, 3.8) is 0 Å². The van der Waals surface area contributed by atoms with E-state index in [0.29, 0.717) is 18.7 Å². The number of hydrogen-bond acceptors (Lipinski definition) is 4. The van der Waals surface area contributed by atoms with Crippen molar-refractivity contribution in [2.75, 3.05) is 6.54 Å². The summed E-state index contributed by atoms with van der Waals surface area (Å²) in [7, 11) is 0. The molecule has 0 saturated carbocycles. The van der Waals surface area contributed by atoms with Crippen molar-refractivity contribution in [1.82, 2.24) is 14.9 Å². The van der Waals surface area contributed by atoms with Crippen molar-refractivity contribution >= 4 is 16.8 Å². The van der Waals surface area contributed by atoms with Crippen LogP contribution in [0.4, 0.5) is 0 Å². The Labute approximate surface area is 216 Å². The van der Waals surface area contributed by atoms with Crippen LogP contribution in [-0.4, -0.2) is 32.4 Å². The predicted molar refractivity (Wildman–Crippen MR) is 144 cm³/mol. The van der Waals surface area contributed by atoms with Gasteiger partial charge in [-0.1, -0.05) is 78.9 Å². The highest BCUT2D eigenvalue weighted by atomic mass is 16.5. The summed E-state index contributed by atoms with van der Waals surface area (Å²) in [6.07, 6.45) is 4.54. The molecule has 0 bridgehead atoms. The number of aromatic nitrogens is 2. The summed E-state index contributed by atoms with van der Waals surface area (Å²) in [6, 6.07) is 29.3. The van der Waals surface area contributed by atoms with Gasteiger partial charge in [-0.3, -0.25) is 9.78 Å². The number of benzene rings is 3. The van der Waals surface area contributed by atoms with Crippen LogP contribution < -0.4 is 4.74 Å². The smallest absolute Gasteiger partial charge is 0.227 e. The van der Waals surface area contributed by atoms with Crippen molar-refractivity contribution in [2.24, 2.45) is 0 Å². The number of carbonyl (C=O) groups excluding carboxylic acids is 1. The van der Waals surface area contributed by atoms with E-state index in [2.05, 4.69) is 9.97 Å². The van der Waals surface area contributed by atoms with Crippen molar-refractivity contribution in [2.45, 2.75) is 25.7 Å². The molecular weight excluding hydrogens is 462 g/mol. The first-order chi connectivity index (χ1) is 18.2. The number of para-hydroxylation sites is 1. The first-order valence-corrected chi connectivity index (χ1v) is 12.3. The summed E-state index contributed by atoms with van der Waals surface area (Å²) in [5, 5.41) is 11.8. The lowest BCUT2D eigenvalue weighted by Crippen LogP contribution is -2.35. The highest BCUT2D eigenvalue weighted by molar-refractivity contribution is 5.92. The van der Waals surface area contributed by atoms with Crippen molar-refractivity contribution in [3.05, 3.63) is 132 Å². The zero-order valence-electron chi connectivity index (χ0n) is 20.5. The average Bonchev–Trinajstić information content (AvgIpc) is 3.36. The Kier molecular flexibility index (Phi) is 7.58. The molecule has 6 heteroatoms. The molecule has 5 aromatic rings. The lowest BCUT2D eigenvalue weighted by Gasteiger charge is -2.26. The first-order valence-electron chi connectivity index (χ1n) is 12.3. The van der Waals surface area contributed by atoms with E-state index >= 15 is 0 Å². The van der Waals surface area contributed by atoms with Crippen LogP contribution in [0.3, 0.4) is 0 Å². The molecule has 0 aliphatic rings. The molecule has 0 radical (unpaired) electrons. The summed E-state index contributed by atoms with van der Waals surface area (Å²) in [5.41, 5.74) is 4.53. The van der Waals surface area contributed by atoms with Crippen molar-refractivity contribution in [3.8, 4) is 5.75 Å². The number of aliphatic hydroxyl groups is 1. The lowest BCUT2D eigenvalue weighted by atomic mass is 10.1. The van der Waals surface area contributed by atoms with E-state index in [9.17, 15) is 9.90 Å². The van der Waals surface area contributed by atoms with Gasteiger partial charge in [0.1, 0.15) is 12.4 Å². The van der Waals surface area contributed by atoms with Gasteiger partial charge >= 0.3 is 0 Å². The Hall–Kier alpha value is -4.42. The topological polar surface area (TPSA) is 78.5 Å². The second-order valence-corrected chi connectivity index (χ2v) is 9.01. The molecule has 37 heavy (non-hydrogen) atoms. The van der Waals surface area contributed by atoms with Gasteiger partial charge in [0.25, 0.3) is 0 Å². The molecule has 1 amide bonds. The fraction of sp³-hybridized carbons (Fsp3) is 0.161. The maximum atomic E-state index is 13.6. The van der Waals surface area contributed by atoms with Crippen molar-refractivity contribution in [1.29, 1.82) is 0 Å². The van der Waals surface area contributed by atoms with Crippen LogP contribution in [0.5, 0.6) is 5.75 Å². The number of ether oxygens (including phenoxy) is 1. The molecule has 1 atom stereocenters. The van der Waals surface area contributed by atoms with Crippen LogP contribution in [0, 0.1) is 0 Å². The highest BCUT2D eigenvalue weighted by Gasteiger charge is 2.21. The molecule has 0 fully saturated rings. The van der Waals surface area contributed by atoms with E-state index in [0.717, 1.165) is 33.3 Å². The number of aliphatic hydroxyl groups excluding tert-OH is 1. The summed E-state index contributed by atoms with van der Waals surface area (Å²) in [5.74, 6) is 0.677. The number of nitrogens with zero attached hydrogens (tertiary/aromatic N) is 2. The Balaban J connectivity index is 1.34. The standard InChI is InChI=1S/C31H29N3O3/c35-28(25-13-8-16-32-18-25)21-34(20-23-9-3-1-4-10-23)30(36)17-26-19-33-31-27(26)14-7-15-29(31)37-22-24-11-5-2-6-12-24/h1-16,18-19,28,33,35H,17,20-22H2/t28-/m0/s1. The molecule has 2 heterocycles. The number of hydrogen-bond donors (Lipinski definition) is 2. The third-order valence-corrected chi connectivity index (χ3v) is 6.37. The van der Waals surface area contributed by atoms with Gasteiger partial charge in [-0.2, -0.15) is 0 Å². The van der Waals surface area contributed by atoms with Crippen molar-refractivity contribution < 1.29 is 14.6 Å². The lowest BCUT2D eigenvalue weighted by molar-refractivity contribution is -0.132. The zero-order chi connectivity index (χ0) is 25.5. The first kappa shape index (κ1) is 24.3. The number of H-pyrrole nitrogens is 1. The predicted octanol–water partition coefficient (Wildman–Crippen LogP) is 5.45. The maximum Gasteiger partial charge on any atom is 0.227 e. The number of carbonyl (C=O) groups is 1. The molecule has 2 N–H and O–H groups in total. The van der Waals surface area contributed by atoms with Crippen LogP contribution in [-0.2, 0) is 24.4 Å². The molecule has 0 saturated heterocycles. The fourth-order valence-corrected chi connectivity index (χ4v) is 4.41. The fourth-order valence-electron chi connectivity index (χ4n) is 4.41. The quantitative estimate of drug-likeness (QED) is 0.272. The van der Waals surface area contributed by atoms with E-state index in [4.69, 9.17) is 4.74 Å². The number of amides is 1. The second-order valence-electron chi connectivity index (χ2n) is 9.01. The van der Waals surface area contributed by atoms with E-state index in [1.807, 2.05) is 91.1 Å². The number of aromatic amines is 1. The molecule has 3 aromatic carbocycles. The maximum absolute atomic E-state index is 13.6. The minimum absolute atomic E-state index is 0.0664. The molecule has 0 aliphatic carbocycles. The molecular formula is C31H29N3O3. The van der Waals surface area contributed by atoms with E-state index in [1.54, 1.807) is 23.4 Å². The van der Waals surface area contributed by atoms with Gasteiger partial charge in [-0.05, 0) is 28.8 Å². The van der Waals surface area contributed by atoms with Gasteiger partial charge in [-0.15, -0.1) is 0 Å². The summed E-state index contributed by atoms with van der Waals surface area (Å²) in [6.45, 7) is 1.04. The molecule has 5 rings (SSSR count). The SMILES string of the molecule is O=C(Cc1c[nH]c2c(OCc3ccccc3)cccc12)N(Cc1ccccc1)C[C@H](O)c1cccnc1. The molecule has 2 aromatic heterocycles. The zero-order valence-corrected chi connectivity index (χ0v) is 20.5. The van der Waals surface area contributed by atoms with E-state index in [1.165, 1.54) is 0 Å². The molecule has 6 nitrogen and oxygen atoms in total. The summed E-state index contributed by atoms with van der Waals surface area (Å²) < 4.78 is 6.09. The number of pyridine rings is 1. The van der Waals surface area contributed by atoms with Gasteiger partial charge in [0.2, 0.25) is 5.91 Å².